The minimum atomic E-state index is -4.46. The number of nitrogens with zero attached hydrogens (tertiary/aromatic N) is 1. The quantitative estimate of drug-likeness (QED) is 0.122. The molecule has 9 nitrogen and oxygen atoms in total. The fourth-order valence-electron chi connectivity index (χ4n) is 6.42. The summed E-state index contributed by atoms with van der Waals surface area (Å²) in [5.41, 5.74) is 3.49. The van der Waals surface area contributed by atoms with Gasteiger partial charge >= 0.3 is 0 Å². The van der Waals surface area contributed by atoms with Crippen molar-refractivity contribution in [1.82, 2.24) is 4.98 Å². The number of benzene rings is 4. The predicted octanol–water partition coefficient (Wildman–Crippen LogP) is 7.67. The van der Waals surface area contributed by atoms with Crippen LogP contribution in [-0.2, 0) is 32.2 Å². The SMILES string of the molecule is CC(C)(C)c1cc(CCC(=O)Nc2cccc3ccc(C4C(=O)c5cc6ccc(S(=O)(=O)O)cc6cc5C4=O)nc23)cc(C(C)(C)C)c1O. The van der Waals surface area contributed by atoms with Gasteiger partial charge in [0.05, 0.1) is 21.8 Å². The maximum Gasteiger partial charge on any atom is 0.294 e. The number of aryl methyl sites for hydroxylation is 1. The number of carbonyl (C=O) groups is 3. The Morgan fingerprint density at radius 3 is 1.98 bits per heavy atom. The molecule has 0 saturated carbocycles. The van der Waals surface area contributed by atoms with Gasteiger partial charge in [0, 0.05) is 22.9 Å². The van der Waals surface area contributed by atoms with Crippen LogP contribution >= 0.6 is 0 Å². The number of aromatic hydroxyl groups is 1. The van der Waals surface area contributed by atoms with Gasteiger partial charge in [0.1, 0.15) is 11.7 Å². The highest BCUT2D eigenvalue weighted by Gasteiger charge is 2.41. The van der Waals surface area contributed by atoms with E-state index < -0.39 is 27.6 Å². The van der Waals surface area contributed by atoms with Gasteiger partial charge in [-0.15, -0.1) is 0 Å². The van der Waals surface area contributed by atoms with Crippen LogP contribution in [0.15, 0.2) is 77.7 Å². The van der Waals surface area contributed by atoms with Crippen molar-refractivity contribution in [2.45, 2.75) is 76.0 Å². The number of amides is 1. The number of rotatable bonds is 6. The molecule has 49 heavy (non-hydrogen) atoms. The lowest BCUT2D eigenvalue weighted by molar-refractivity contribution is -0.116. The minimum absolute atomic E-state index is 0.150. The Morgan fingerprint density at radius 1 is 0.796 bits per heavy atom. The van der Waals surface area contributed by atoms with E-state index in [1.165, 1.54) is 24.3 Å². The first-order valence-electron chi connectivity index (χ1n) is 16.0. The lowest BCUT2D eigenvalue weighted by Crippen LogP contribution is -2.18. The van der Waals surface area contributed by atoms with Gasteiger partial charge < -0.3 is 10.4 Å². The minimum Gasteiger partial charge on any atom is -0.507 e. The smallest absolute Gasteiger partial charge is 0.294 e. The van der Waals surface area contributed by atoms with Gasteiger partial charge in [-0.05, 0) is 81.1 Å². The maximum absolute atomic E-state index is 13.6. The van der Waals surface area contributed by atoms with Crippen LogP contribution in [0.4, 0.5) is 5.69 Å². The maximum atomic E-state index is 13.6. The Bertz CT molecular complexity index is 2300. The zero-order valence-corrected chi connectivity index (χ0v) is 29.0. The third-order valence-electron chi connectivity index (χ3n) is 9.04. The zero-order valence-electron chi connectivity index (χ0n) is 28.2. The van der Waals surface area contributed by atoms with E-state index in [0.29, 0.717) is 33.8 Å². The van der Waals surface area contributed by atoms with E-state index in [9.17, 15) is 32.5 Å². The molecule has 6 rings (SSSR count). The highest BCUT2D eigenvalue weighted by Crippen LogP contribution is 2.40. The first-order chi connectivity index (χ1) is 22.8. The molecule has 1 aliphatic carbocycles. The number of para-hydroxylation sites is 1. The van der Waals surface area contributed by atoms with Crippen molar-refractivity contribution in [1.29, 1.82) is 0 Å². The topological polar surface area (TPSA) is 151 Å². The van der Waals surface area contributed by atoms with Crippen molar-refractivity contribution in [2.75, 3.05) is 5.32 Å². The standard InChI is InChI=1S/C39H38N2O7S/c1-38(2,3)28-16-21(17-29(37(28)45)39(4,5)6)10-15-32(42)40-31-9-7-8-22-12-14-30(41-34(22)31)33-35(43)26-19-23-11-13-25(49(46,47)48)18-24(23)20-27(26)36(33)44/h7-9,11-14,16-20,33,45H,10,15H2,1-6H3,(H,40,42)(H,46,47,48). The molecule has 1 atom stereocenters. The average Bonchev–Trinajstić information content (AvgIpc) is 3.25. The van der Waals surface area contributed by atoms with Gasteiger partial charge in [-0.25, -0.2) is 4.98 Å². The molecule has 252 valence electrons. The van der Waals surface area contributed by atoms with Gasteiger partial charge in [-0.1, -0.05) is 77.9 Å². The predicted molar refractivity (Wildman–Crippen MR) is 189 cm³/mol. The van der Waals surface area contributed by atoms with E-state index in [-0.39, 0.29) is 50.6 Å². The first kappa shape index (κ1) is 34.0. The first-order valence-corrected chi connectivity index (χ1v) is 17.5. The second-order valence-electron chi connectivity index (χ2n) is 14.7. The van der Waals surface area contributed by atoms with Gasteiger partial charge in [0.15, 0.2) is 11.6 Å². The zero-order chi connectivity index (χ0) is 35.6. The number of Topliss-reactive ketones (excluding diaryl/α,β-unsaturated/α-hetero) is 2. The van der Waals surface area contributed by atoms with Crippen LogP contribution in [0, 0.1) is 0 Å². The lowest BCUT2D eigenvalue weighted by atomic mass is 9.78. The monoisotopic (exact) mass is 678 g/mol. The normalized spacial score (nSPS) is 15.2. The number of pyridine rings is 1. The van der Waals surface area contributed by atoms with Crippen molar-refractivity contribution in [2.24, 2.45) is 0 Å². The molecule has 1 aliphatic rings. The Labute approximate surface area is 285 Å². The summed E-state index contributed by atoms with van der Waals surface area (Å²) < 4.78 is 32.8. The Kier molecular flexibility index (Phi) is 8.24. The number of nitrogens with one attached hydrogen (secondary N) is 1. The molecule has 3 N–H and O–H groups in total. The molecular weight excluding hydrogens is 641 g/mol. The summed E-state index contributed by atoms with van der Waals surface area (Å²) in [7, 11) is -4.46. The molecule has 1 aromatic heterocycles. The number of anilines is 1. The summed E-state index contributed by atoms with van der Waals surface area (Å²) in [5.74, 6) is -2.05. The number of phenols is 1. The molecule has 4 aromatic carbocycles. The molecule has 0 saturated heterocycles. The Morgan fingerprint density at radius 2 is 1.39 bits per heavy atom. The van der Waals surface area contributed by atoms with Crippen LogP contribution in [0.2, 0.25) is 0 Å². The van der Waals surface area contributed by atoms with E-state index >= 15 is 0 Å². The van der Waals surface area contributed by atoms with Crippen molar-refractivity contribution < 1.29 is 32.5 Å². The van der Waals surface area contributed by atoms with Gasteiger partial charge in [0.2, 0.25) is 5.91 Å². The van der Waals surface area contributed by atoms with E-state index in [0.717, 1.165) is 16.7 Å². The molecule has 10 heteroatoms. The fourth-order valence-corrected chi connectivity index (χ4v) is 6.93. The molecule has 1 unspecified atom stereocenters. The number of carbonyl (C=O) groups excluding carboxylic acids is 3. The van der Waals surface area contributed by atoms with Crippen molar-refractivity contribution >= 4 is 55.0 Å². The highest BCUT2D eigenvalue weighted by molar-refractivity contribution is 7.85. The van der Waals surface area contributed by atoms with E-state index in [1.807, 2.05) is 59.7 Å². The van der Waals surface area contributed by atoms with Crippen LogP contribution < -0.4 is 5.32 Å². The third kappa shape index (κ3) is 6.46. The molecule has 0 fully saturated rings. The summed E-state index contributed by atoms with van der Waals surface area (Å²) in [4.78, 5) is 44.9. The molecule has 0 aliphatic heterocycles. The van der Waals surface area contributed by atoms with Crippen molar-refractivity contribution in [3.05, 3.63) is 106 Å². The van der Waals surface area contributed by atoms with Gasteiger partial charge in [-0.3, -0.25) is 18.9 Å². The average molecular weight is 679 g/mol. The lowest BCUT2D eigenvalue weighted by Gasteiger charge is -2.28. The largest absolute Gasteiger partial charge is 0.507 e. The van der Waals surface area contributed by atoms with Crippen LogP contribution in [0.25, 0.3) is 21.7 Å². The number of hydrogen-bond acceptors (Lipinski definition) is 7. The summed E-state index contributed by atoms with van der Waals surface area (Å²) in [6, 6.07) is 19.6. The molecule has 1 heterocycles. The van der Waals surface area contributed by atoms with Crippen LogP contribution in [0.5, 0.6) is 5.75 Å². The van der Waals surface area contributed by atoms with E-state index in [4.69, 9.17) is 4.98 Å². The number of phenolic OH excluding ortho intramolecular Hbond substituents is 1. The molecule has 0 radical (unpaired) electrons. The summed E-state index contributed by atoms with van der Waals surface area (Å²) in [5, 5.41) is 15.7. The second-order valence-corrected chi connectivity index (χ2v) is 16.2. The molecule has 5 aromatic rings. The Hall–Kier alpha value is -4.93. The number of hydrogen-bond donors (Lipinski definition) is 3. The number of aromatic nitrogens is 1. The molecule has 1 amide bonds. The van der Waals surface area contributed by atoms with Crippen LogP contribution in [-0.4, -0.2) is 40.5 Å². The highest BCUT2D eigenvalue weighted by atomic mass is 32.2. The molecular formula is C39H38N2O7S. The van der Waals surface area contributed by atoms with Gasteiger partial charge in [-0.2, -0.15) is 8.42 Å². The molecule has 0 bridgehead atoms. The molecule has 0 spiro atoms. The third-order valence-corrected chi connectivity index (χ3v) is 9.89. The van der Waals surface area contributed by atoms with Crippen molar-refractivity contribution in [3.8, 4) is 5.75 Å². The second kappa shape index (κ2) is 11.9. The summed E-state index contributed by atoms with van der Waals surface area (Å²) in [6.07, 6.45) is 0.626. The fraction of sp³-hybridized carbons (Fsp3) is 0.282. The van der Waals surface area contributed by atoms with Crippen LogP contribution in [0.3, 0.4) is 0 Å². The van der Waals surface area contributed by atoms with Crippen molar-refractivity contribution in [3.63, 3.8) is 0 Å². The number of fused-ring (bicyclic) bond motifs is 3. The van der Waals surface area contributed by atoms with E-state index in [2.05, 4.69) is 5.32 Å². The number of ketones is 2. The van der Waals surface area contributed by atoms with Gasteiger partial charge in [0.25, 0.3) is 10.1 Å². The summed E-state index contributed by atoms with van der Waals surface area (Å²) in [6.45, 7) is 12.3. The summed E-state index contributed by atoms with van der Waals surface area (Å²) >= 11 is 0. The van der Waals surface area contributed by atoms with Crippen LogP contribution in [0.1, 0.15) is 97.0 Å². The Balaban J connectivity index is 1.27. The van der Waals surface area contributed by atoms with E-state index in [1.54, 1.807) is 30.3 Å².